The van der Waals surface area contributed by atoms with Crippen molar-refractivity contribution in [1.29, 1.82) is 0 Å². The molecule has 14 heavy (non-hydrogen) atoms. The highest BCUT2D eigenvalue weighted by molar-refractivity contribution is 4.99. The van der Waals surface area contributed by atoms with Gasteiger partial charge in [0.25, 0.3) is 0 Å². The van der Waals surface area contributed by atoms with E-state index in [9.17, 15) is 0 Å². The van der Waals surface area contributed by atoms with E-state index < -0.39 is 0 Å². The predicted octanol–water partition coefficient (Wildman–Crippen LogP) is -0.177. The van der Waals surface area contributed by atoms with E-state index in [1.165, 1.54) is 0 Å². The molecule has 82 valence electrons. The van der Waals surface area contributed by atoms with Crippen LogP contribution >= 0.6 is 0 Å². The summed E-state index contributed by atoms with van der Waals surface area (Å²) >= 11 is 0. The van der Waals surface area contributed by atoms with Crippen LogP contribution in [0.5, 0.6) is 0 Å². The normalized spacial score (nSPS) is 36.0. The first-order valence-corrected chi connectivity index (χ1v) is 5.30. The highest BCUT2D eigenvalue weighted by atomic mass is 16.5. The van der Waals surface area contributed by atoms with Crippen LogP contribution in [0.3, 0.4) is 0 Å². The third kappa shape index (κ3) is 1.56. The number of rotatable bonds is 3. The zero-order valence-corrected chi connectivity index (χ0v) is 9.03. The maximum absolute atomic E-state index is 5.81. The van der Waals surface area contributed by atoms with Gasteiger partial charge in [-0.1, -0.05) is 0 Å². The van der Waals surface area contributed by atoms with Gasteiger partial charge < -0.3 is 15.2 Å². The molecule has 2 N–H and O–H groups in total. The van der Waals surface area contributed by atoms with Gasteiger partial charge in [0.1, 0.15) is 0 Å². The predicted molar refractivity (Wildman–Crippen MR) is 54.2 cm³/mol. The Morgan fingerprint density at radius 1 is 1.50 bits per heavy atom. The standard InChI is InChI=1S/C10H20N2O2/c1-8-3-9(4-14-8)12(2)10(5-11)6-13-7-10/h8-9H,3-7,11H2,1-2H3. The number of hydrogen-bond donors (Lipinski definition) is 1. The minimum Gasteiger partial charge on any atom is -0.377 e. The van der Waals surface area contributed by atoms with Crippen LogP contribution in [0.15, 0.2) is 0 Å². The van der Waals surface area contributed by atoms with Crippen molar-refractivity contribution in [2.24, 2.45) is 5.73 Å². The molecular formula is C10H20N2O2. The number of hydrogen-bond acceptors (Lipinski definition) is 4. The summed E-state index contributed by atoms with van der Waals surface area (Å²) < 4.78 is 10.8. The first-order valence-electron chi connectivity index (χ1n) is 5.30. The lowest BCUT2D eigenvalue weighted by Crippen LogP contribution is -2.67. The lowest BCUT2D eigenvalue weighted by atomic mass is 9.93. The van der Waals surface area contributed by atoms with Crippen LogP contribution in [-0.4, -0.2) is 56.0 Å². The highest BCUT2D eigenvalue weighted by Crippen LogP contribution is 2.28. The second-order valence-corrected chi connectivity index (χ2v) is 4.57. The minimum atomic E-state index is 0.0814. The van der Waals surface area contributed by atoms with E-state index in [4.69, 9.17) is 15.2 Å². The minimum absolute atomic E-state index is 0.0814. The van der Waals surface area contributed by atoms with Crippen LogP contribution in [0.2, 0.25) is 0 Å². The zero-order valence-electron chi connectivity index (χ0n) is 9.03. The van der Waals surface area contributed by atoms with Crippen LogP contribution in [-0.2, 0) is 9.47 Å². The van der Waals surface area contributed by atoms with E-state index in [0.29, 0.717) is 18.7 Å². The van der Waals surface area contributed by atoms with Crippen molar-refractivity contribution in [2.75, 3.05) is 33.4 Å². The molecule has 2 saturated heterocycles. The Bertz CT molecular complexity index is 201. The van der Waals surface area contributed by atoms with Crippen LogP contribution in [0.1, 0.15) is 13.3 Å². The Morgan fingerprint density at radius 2 is 2.21 bits per heavy atom. The first-order chi connectivity index (χ1) is 6.68. The van der Waals surface area contributed by atoms with Gasteiger partial charge in [0.2, 0.25) is 0 Å². The molecule has 0 aromatic rings. The second kappa shape index (κ2) is 3.77. The van der Waals surface area contributed by atoms with Crippen molar-refractivity contribution in [1.82, 2.24) is 4.90 Å². The third-order valence-electron chi connectivity index (χ3n) is 3.59. The van der Waals surface area contributed by atoms with E-state index in [2.05, 4.69) is 18.9 Å². The smallest absolute Gasteiger partial charge is 0.0802 e. The monoisotopic (exact) mass is 200 g/mol. The molecule has 0 aromatic heterocycles. The Morgan fingerprint density at radius 3 is 2.57 bits per heavy atom. The van der Waals surface area contributed by atoms with E-state index in [1.807, 2.05) is 0 Å². The van der Waals surface area contributed by atoms with Crippen LogP contribution < -0.4 is 5.73 Å². The molecule has 0 saturated carbocycles. The van der Waals surface area contributed by atoms with E-state index >= 15 is 0 Å². The number of nitrogens with two attached hydrogens (primary N) is 1. The van der Waals surface area contributed by atoms with Gasteiger partial charge in [-0.25, -0.2) is 0 Å². The second-order valence-electron chi connectivity index (χ2n) is 4.57. The Hall–Kier alpha value is -0.160. The molecule has 0 aromatic carbocycles. The molecule has 2 rings (SSSR count). The lowest BCUT2D eigenvalue weighted by Gasteiger charge is -2.49. The van der Waals surface area contributed by atoms with Gasteiger partial charge >= 0.3 is 0 Å². The van der Waals surface area contributed by atoms with Crippen molar-refractivity contribution in [3.05, 3.63) is 0 Å². The number of nitrogens with zero attached hydrogens (tertiary/aromatic N) is 1. The van der Waals surface area contributed by atoms with Gasteiger partial charge in [0.05, 0.1) is 31.5 Å². The maximum atomic E-state index is 5.81. The SMILES string of the molecule is CC1CC(N(C)C2(CN)COC2)CO1. The molecule has 2 fully saturated rings. The topological polar surface area (TPSA) is 47.7 Å². The quantitative estimate of drug-likeness (QED) is 0.687. The van der Waals surface area contributed by atoms with Gasteiger partial charge in [-0.3, -0.25) is 4.90 Å². The molecule has 2 unspecified atom stereocenters. The summed E-state index contributed by atoms with van der Waals surface area (Å²) in [7, 11) is 2.14. The Kier molecular flexibility index (Phi) is 2.79. The molecule has 2 aliphatic heterocycles. The summed E-state index contributed by atoms with van der Waals surface area (Å²) in [5.41, 5.74) is 5.89. The fourth-order valence-electron chi connectivity index (χ4n) is 2.25. The molecule has 0 spiro atoms. The fraction of sp³-hybridized carbons (Fsp3) is 1.00. The van der Waals surface area contributed by atoms with Crippen molar-refractivity contribution in [3.8, 4) is 0 Å². The molecular weight excluding hydrogens is 180 g/mol. The van der Waals surface area contributed by atoms with E-state index in [0.717, 1.165) is 26.2 Å². The van der Waals surface area contributed by atoms with Crippen molar-refractivity contribution in [2.45, 2.75) is 31.0 Å². The molecule has 0 amide bonds. The summed E-state index contributed by atoms with van der Waals surface area (Å²) in [6.07, 6.45) is 1.50. The summed E-state index contributed by atoms with van der Waals surface area (Å²) in [4.78, 5) is 2.36. The molecule has 2 atom stereocenters. The van der Waals surface area contributed by atoms with Gasteiger partial charge in [-0.2, -0.15) is 0 Å². The van der Waals surface area contributed by atoms with Crippen LogP contribution in [0.4, 0.5) is 0 Å². The van der Waals surface area contributed by atoms with E-state index in [1.54, 1.807) is 0 Å². The average molecular weight is 200 g/mol. The summed E-state index contributed by atoms with van der Waals surface area (Å²) in [5.74, 6) is 0. The number of ether oxygens (including phenoxy) is 2. The maximum Gasteiger partial charge on any atom is 0.0802 e. The van der Waals surface area contributed by atoms with Crippen molar-refractivity contribution in [3.63, 3.8) is 0 Å². The average Bonchev–Trinajstić information content (AvgIpc) is 2.50. The summed E-state index contributed by atoms with van der Waals surface area (Å²) in [5, 5.41) is 0. The Balaban J connectivity index is 1.96. The lowest BCUT2D eigenvalue weighted by molar-refractivity contribution is -0.139. The van der Waals surface area contributed by atoms with Crippen LogP contribution in [0, 0.1) is 0 Å². The molecule has 2 aliphatic rings. The molecule has 4 nitrogen and oxygen atoms in total. The van der Waals surface area contributed by atoms with E-state index in [-0.39, 0.29) is 5.54 Å². The highest BCUT2D eigenvalue weighted by Gasteiger charge is 2.45. The molecule has 4 heteroatoms. The van der Waals surface area contributed by atoms with Crippen molar-refractivity contribution < 1.29 is 9.47 Å². The first kappa shape index (κ1) is 10.4. The summed E-state index contributed by atoms with van der Waals surface area (Å²) in [6, 6.07) is 0.512. The van der Waals surface area contributed by atoms with Gasteiger partial charge in [0.15, 0.2) is 0 Å². The van der Waals surface area contributed by atoms with Gasteiger partial charge in [-0.05, 0) is 20.4 Å². The molecule has 0 bridgehead atoms. The molecule has 2 heterocycles. The molecule has 0 aliphatic carbocycles. The number of likely N-dealkylation sites (N-methyl/N-ethyl adjacent to an activating group) is 1. The van der Waals surface area contributed by atoms with Crippen LogP contribution in [0.25, 0.3) is 0 Å². The largest absolute Gasteiger partial charge is 0.377 e. The van der Waals surface area contributed by atoms with Gasteiger partial charge in [-0.15, -0.1) is 0 Å². The molecule has 0 radical (unpaired) electrons. The third-order valence-corrected chi connectivity index (χ3v) is 3.59. The summed E-state index contributed by atoms with van der Waals surface area (Å²) in [6.45, 7) is 5.17. The Labute approximate surface area is 85.3 Å². The van der Waals surface area contributed by atoms with Crippen molar-refractivity contribution >= 4 is 0 Å². The zero-order chi connectivity index (χ0) is 10.2. The fourth-order valence-corrected chi connectivity index (χ4v) is 2.25. The van der Waals surface area contributed by atoms with Gasteiger partial charge in [0, 0.05) is 12.6 Å².